The molecule has 15 heteroatoms. The van der Waals surface area contributed by atoms with E-state index in [1.165, 1.54) is 21.9 Å². The summed E-state index contributed by atoms with van der Waals surface area (Å²) in [5, 5.41) is 11.9. The standard InChI is InChI=1S/C37H41ClF3N5O6/c1-22-16-26(10-11-27(22)29-19-51-23(2)18-45(29)34(49)52-35(3,4)5)46-30(38)17-28-31(46)42-21-44(33(28)48)20-36(50)12-14-43(15-13-36)32(47)24-6-8-25(9-7-24)37(39,40)41/h6-11,16-17,21,23,29,50H,12-15,18-20H2,1-5H3/t23-,29-/m1/s1. The van der Waals surface area contributed by atoms with Crippen molar-refractivity contribution < 1.29 is 37.3 Å². The van der Waals surface area contributed by atoms with Crippen molar-refractivity contribution in [1.29, 1.82) is 0 Å². The van der Waals surface area contributed by atoms with Gasteiger partial charge in [0.1, 0.15) is 17.1 Å². The van der Waals surface area contributed by atoms with Crippen molar-refractivity contribution >= 4 is 34.6 Å². The van der Waals surface area contributed by atoms with Gasteiger partial charge in [0.15, 0.2) is 5.65 Å². The van der Waals surface area contributed by atoms with Gasteiger partial charge in [-0.1, -0.05) is 17.7 Å². The van der Waals surface area contributed by atoms with E-state index in [0.29, 0.717) is 24.5 Å². The third-order valence-electron chi connectivity index (χ3n) is 9.51. The molecule has 278 valence electrons. The van der Waals surface area contributed by atoms with Crippen LogP contribution in [0.3, 0.4) is 0 Å². The Balaban J connectivity index is 1.18. The molecule has 2 amide bonds. The first kappa shape index (κ1) is 37.4. The first-order chi connectivity index (χ1) is 24.3. The zero-order valence-electron chi connectivity index (χ0n) is 29.5. The largest absolute Gasteiger partial charge is 0.444 e. The van der Waals surface area contributed by atoms with Crippen LogP contribution in [-0.4, -0.2) is 84.6 Å². The van der Waals surface area contributed by atoms with E-state index in [1.807, 2.05) is 52.8 Å². The summed E-state index contributed by atoms with van der Waals surface area (Å²) in [6.45, 7) is 10.2. The highest BCUT2D eigenvalue weighted by Gasteiger charge is 2.37. The zero-order valence-corrected chi connectivity index (χ0v) is 30.3. The third-order valence-corrected chi connectivity index (χ3v) is 9.79. The number of aliphatic hydroxyl groups is 1. The minimum Gasteiger partial charge on any atom is -0.444 e. The van der Waals surface area contributed by atoms with Gasteiger partial charge in [0.25, 0.3) is 11.5 Å². The van der Waals surface area contributed by atoms with E-state index < -0.39 is 40.5 Å². The lowest BCUT2D eigenvalue weighted by Gasteiger charge is -2.40. The van der Waals surface area contributed by atoms with E-state index in [2.05, 4.69) is 4.98 Å². The number of carbonyl (C=O) groups is 2. The van der Waals surface area contributed by atoms with Crippen molar-refractivity contribution in [3.63, 3.8) is 0 Å². The zero-order chi connectivity index (χ0) is 37.7. The molecule has 4 aromatic rings. The number of carbonyl (C=O) groups excluding carboxylic acids is 2. The number of ether oxygens (including phenoxy) is 2. The van der Waals surface area contributed by atoms with E-state index in [9.17, 15) is 32.7 Å². The summed E-state index contributed by atoms with van der Waals surface area (Å²) < 4.78 is 53.4. The minimum atomic E-state index is -4.50. The molecule has 0 radical (unpaired) electrons. The van der Waals surface area contributed by atoms with Crippen molar-refractivity contribution in [3.05, 3.63) is 92.6 Å². The number of nitrogens with zero attached hydrogens (tertiary/aromatic N) is 5. The van der Waals surface area contributed by atoms with E-state index in [1.54, 1.807) is 9.47 Å². The van der Waals surface area contributed by atoms with Crippen molar-refractivity contribution in [3.8, 4) is 5.69 Å². The molecule has 2 aromatic carbocycles. The number of aryl methyl sites for hydroxylation is 1. The Morgan fingerprint density at radius 3 is 2.37 bits per heavy atom. The average Bonchev–Trinajstić information content (AvgIpc) is 3.41. The minimum absolute atomic E-state index is 0.0795. The molecule has 4 heterocycles. The fourth-order valence-electron chi connectivity index (χ4n) is 6.79. The molecular formula is C37H41ClF3N5O6. The number of benzene rings is 2. The van der Waals surface area contributed by atoms with E-state index in [-0.39, 0.29) is 60.7 Å². The molecule has 1 N–H and O–H groups in total. The van der Waals surface area contributed by atoms with Crippen molar-refractivity contribution in [2.45, 2.75) is 83.5 Å². The van der Waals surface area contributed by atoms with Gasteiger partial charge in [0, 0.05) is 24.3 Å². The van der Waals surface area contributed by atoms with Crippen LogP contribution in [0.5, 0.6) is 0 Å². The van der Waals surface area contributed by atoms with E-state index in [4.69, 9.17) is 21.1 Å². The highest BCUT2D eigenvalue weighted by Crippen LogP contribution is 2.34. The summed E-state index contributed by atoms with van der Waals surface area (Å²) in [5.74, 6) is -0.433. The summed E-state index contributed by atoms with van der Waals surface area (Å²) in [6.07, 6.45) is -3.42. The number of amides is 2. The number of hydrogen-bond donors (Lipinski definition) is 1. The smallest absolute Gasteiger partial charge is 0.416 e. The number of piperidine rings is 1. The Morgan fingerprint density at radius 2 is 1.75 bits per heavy atom. The number of aromatic nitrogens is 3. The second kappa shape index (κ2) is 13.9. The quantitative estimate of drug-likeness (QED) is 0.247. The van der Waals surface area contributed by atoms with Crippen LogP contribution in [0.1, 0.15) is 73.6 Å². The molecule has 0 bridgehead atoms. The maximum absolute atomic E-state index is 13.7. The molecule has 2 aromatic heterocycles. The van der Waals surface area contributed by atoms with Crippen LogP contribution in [0.15, 0.2) is 59.7 Å². The lowest BCUT2D eigenvalue weighted by molar-refractivity contribution is -0.137. The Hall–Kier alpha value is -4.40. The molecule has 2 aliphatic rings. The number of hydrogen-bond acceptors (Lipinski definition) is 7. The predicted octanol–water partition coefficient (Wildman–Crippen LogP) is 6.53. The van der Waals surface area contributed by atoms with E-state index in [0.717, 1.165) is 35.4 Å². The Bertz CT molecular complexity index is 2050. The summed E-state index contributed by atoms with van der Waals surface area (Å²) in [4.78, 5) is 47.5. The van der Waals surface area contributed by atoms with Crippen LogP contribution < -0.4 is 5.56 Å². The molecule has 0 saturated carbocycles. The number of halogens is 4. The fourth-order valence-corrected chi connectivity index (χ4v) is 7.07. The molecule has 52 heavy (non-hydrogen) atoms. The average molecular weight is 744 g/mol. The maximum atomic E-state index is 13.7. The van der Waals surface area contributed by atoms with Crippen LogP contribution in [0.4, 0.5) is 18.0 Å². The lowest BCUT2D eigenvalue weighted by Crippen LogP contribution is -2.49. The highest BCUT2D eigenvalue weighted by atomic mass is 35.5. The molecule has 2 atom stereocenters. The van der Waals surface area contributed by atoms with Gasteiger partial charge in [-0.25, -0.2) is 9.78 Å². The normalized spacial score (nSPS) is 19.6. The SMILES string of the molecule is Cc1cc(-n2c(Cl)cc3c(=O)n(CC4(O)CCN(C(=O)c5ccc(C(F)(F)F)cc5)CC4)cnc32)ccc1[C@H]1CO[C@H](C)CN1C(=O)OC(C)(C)C. The molecule has 2 saturated heterocycles. The Kier molecular flexibility index (Phi) is 9.96. The van der Waals surface area contributed by atoms with Gasteiger partial charge in [0.05, 0.1) is 48.4 Å². The summed E-state index contributed by atoms with van der Waals surface area (Å²) in [5.41, 5.74) is -0.384. The summed E-state index contributed by atoms with van der Waals surface area (Å²) in [7, 11) is 0. The van der Waals surface area contributed by atoms with Gasteiger partial charge in [-0.15, -0.1) is 0 Å². The van der Waals surface area contributed by atoms with Gasteiger partial charge in [-0.05, 0) is 101 Å². The molecule has 2 fully saturated rings. The Labute approximate surface area is 303 Å². The van der Waals surface area contributed by atoms with Crippen LogP contribution >= 0.6 is 11.6 Å². The number of fused-ring (bicyclic) bond motifs is 1. The molecule has 2 aliphatic heterocycles. The number of rotatable bonds is 5. The highest BCUT2D eigenvalue weighted by molar-refractivity contribution is 6.31. The maximum Gasteiger partial charge on any atom is 0.416 e. The predicted molar refractivity (Wildman–Crippen MR) is 188 cm³/mol. The van der Waals surface area contributed by atoms with Crippen molar-refractivity contribution in [2.75, 3.05) is 26.2 Å². The number of morpholine rings is 1. The van der Waals surface area contributed by atoms with E-state index >= 15 is 0 Å². The lowest BCUT2D eigenvalue weighted by atomic mass is 9.91. The first-order valence-corrected chi connectivity index (χ1v) is 17.4. The van der Waals surface area contributed by atoms with Crippen LogP contribution in [0.2, 0.25) is 5.15 Å². The van der Waals surface area contributed by atoms with Gasteiger partial charge >= 0.3 is 12.3 Å². The summed E-state index contributed by atoms with van der Waals surface area (Å²) >= 11 is 6.70. The second-order valence-corrected chi connectivity index (χ2v) is 15.0. The van der Waals surface area contributed by atoms with Crippen molar-refractivity contribution in [1.82, 2.24) is 23.9 Å². The topological polar surface area (TPSA) is 119 Å². The fraction of sp³-hybridized carbons (Fsp3) is 0.459. The first-order valence-electron chi connectivity index (χ1n) is 17.0. The molecule has 6 rings (SSSR count). The molecule has 11 nitrogen and oxygen atoms in total. The molecule has 0 unspecified atom stereocenters. The molecular weight excluding hydrogens is 703 g/mol. The van der Waals surface area contributed by atoms with Gasteiger partial charge in [0.2, 0.25) is 0 Å². The molecule has 0 aliphatic carbocycles. The number of alkyl halides is 3. The molecule has 0 spiro atoms. The van der Waals surface area contributed by atoms with Gasteiger partial charge in [-0.2, -0.15) is 13.2 Å². The van der Waals surface area contributed by atoms with Crippen LogP contribution in [-0.2, 0) is 22.2 Å². The summed E-state index contributed by atoms with van der Waals surface area (Å²) in [6, 6.07) is 10.8. The Morgan fingerprint density at radius 1 is 1.08 bits per heavy atom. The van der Waals surface area contributed by atoms with Crippen LogP contribution in [0.25, 0.3) is 16.7 Å². The third kappa shape index (κ3) is 7.69. The van der Waals surface area contributed by atoms with Crippen LogP contribution in [0, 0.1) is 6.92 Å². The number of likely N-dealkylation sites (tertiary alicyclic amines) is 1. The van der Waals surface area contributed by atoms with Gasteiger partial charge < -0.3 is 19.5 Å². The van der Waals surface area contributed by atoms with Gasteiger partial charge in [-0.3, -0.25) is 23.6 Å². The second-order valence-electron chi connectivity index (χ2n) is 14.6. The monoisotopic (exact) mass is 743 g/mol. The van der Waals surface area contributed by atoms with Crippen molar-refractivity contribution in [2.24, 2.45) is 0 Å².